The van der Waals surface area contributed by atoms with E-state index < -0.39 is 5.60 Å². The molecule has 0 bridgehead atoms. The van der Waals surface area contributed by atoms with E-state index in [-0.39, 0.29) is 12.1 Å². The SMILES string of the molecule is CN=C(NCc1nccn1Cc1ccccc1)NC1CN(C(=O)OC(C)(C)C)C1. The molecule has 0 saturated carbocycles. The van der Waals surface area contributed by atoms with Crippen LogP contribution in [0.25, 0.3) is 0 Å². The van der Waals surface area contributed by atoms with Gasteiger partial charge in [0, 0.05) is 39.1 Å². The quantitative estimate of drug-likeness (QED) is 0.596. The van der Waals surface area contributed by atoms with E-state index in [4.69, 9.17) is 4.74 Å². The van der Waals surface area contributed by atoms with Crippen molar-refractivity contribution in [3.8, 4) is 0 Å². The zero-order valence-electron chi connectivity index (χ0n) is 17.6. The summed E-state index contributed by atoms with van der Waals surface area (Å²) in [6.45, 7) is 8.13. The first-order chi connectivity index (χ1) is 13.8. The van der Waals surface area contributed by atoms with Crippen LogP contribution in [0.15, 0.2) is 47.7 Å². The van der Waals surface area contributed by atoms with Gasteiger partial charge in [0.25, 0.3) is 0 Å². The number of imidazole rings is 1. The number of aromatic nitrogens is 2. The lowest BCUT2D eigenvalue weighted by Crippen LogP contribution is -2.63. The lowest BCUT2D eigenvalue weighted by Gasteiger charge is -2.40. The highest BCUT2D eigenvalue weighted by atomic mass is 16.6. The standard InChI is InChI=1S/C21H30N6O2/c1-21(2,3)29-20(28)27-14-17(15-27)25-19(22-4)24-12-18-23-10-11-26(18)13-16-8-6-5-7-9-16/h5-11,17H,12-15H2,1-4H3,(H2,22,24,25). The summed E-state index contributed by atoms with van der Waals surface area (Å²) in [6, 6.07) is 10.4. The molecule has 1 amide bonds. The van der Waals surface area contributed by atoms with Crippen LogP contribution in [0.1, 0.15) is 32.2 Å². The number of hydrogen-bond donors (Lipinski definition) is 2. The average Bonchev–Trinajstić information content (AvgIpc) is 3.06. The summed E-state index contributed by atoms with van der Waals surface area (Å²) in [5.74, 6) is 1.62. The second-order valence-electron chi connectivity index (χ2n) is 8.11. The first kappa shape index (κ1) is 20.7. The average molecular weight is 399 g/mol. The number of amides is 1. The van der Waals surface area contributed by atoms with E-state index in [1.54, 1.807) is 18.1 Å². The topological polar surface area (TPSA) is 83.8 Å². The normalized spacial score (nSPS) is 15.0. The van der Waals surface area contributed by atoms with E-state index in [2.05, 4.69) is 37.3 Å². The molecule has 3 rings (SSSR count). The van der Waals surface area contributed by atoms with Crippen LogP contribution in [0.4, 0.5) is 4.79 Å². The Labute approximate surface area is 172 Å². The molecule has 0 unspecified atom stereocenters. The summed E-state index contributed by atoms with van der Waals surface area (Å²) in [5, 5.41) is 6.64. The van der Waals surface area contributed by atoms with E-state index in [1.165, 1.54) is 5.56 Å². The van der Waals surface area contributed by atoms with Crippen molar-refractivity contribution in [2.24, 2.45) is 4.99 Å². The molecule has 156 valence electrons. The lowest BCUT2D eigenvalue weighted by atomic mass is 10.1. The number of rotatable bonds is 5. The number of ether oxygens (including phenoxy) is 1. The molecule has 0 radical (unpaired) electrons. The maximum absolute atomic E-state index is 12.0. The van der Waals surface area contributed by atoms with Gasteiger partial charge in [0.15, 0.2) is 5.96 Å². The van der Waals surface area contributed by atoms with Crippen molar-refractivity contribution in [1.82, 2.24) is 25.1 Å². The van der Waals surface area contributed by atoms with Gasteiger partial charge in [-0.25, -0.2) is 9.78 Å². The molecular weight excluding hydrogens is 368 g/mol. The largest absolute Gasteiger partial charge is 0.444 e. The van der Waals surface area contributed by atoms with Gasteiger partial charge in [-0.1, -0.05) is 30.3 Å². The maximum atomic E-state index is 12.0. The van der Waals surface area contributed by atoms with Gasteiger partial charge in [0.05, 0.1) is 12.6 Å². The molecule has 1 fully saturated rings. The minimum absolute atomic E-state index is 0.151. The van der Waals surface area contributed by atoms with Crippen LogP contribution in [-0.2, 0) is 17.8 Å². The molecule has 0 aliphatic carbocycles. The first-order valence-corrected chi connectivity index (χ1v) is 9.83. The summed E-state index contributed by atoms with van der Waals surface area (Å²) in [7, 11) is 1.73. The molecule has 8 heteroatoms. The Balaban J connectivity index is 1.45. The molecule has 1 aliphatic heterocycles. The van der Waals surface area contributed by atoms with Crippen molar-refractivity contribution in [3.63, 3.8) is 0 Å². The molecule has 8 nitrogen and oxygen atoms in total. The number of nitrogens with zero attached hydrogens (tertiary/aromatic N) is 4. The highest BCUT2D eigenvalue weighted by molar-refractivity contribution is 5.80. The minimum atomic E-state index is -0.477. The number of carbonyl (C=O) groups excluding carboxylic acids is 1. The van der Waals surface area contributed by atoms with Crippen LogP contribution in [0, 0.1) is 0 Å². The Kier molecular flexibility index (Phi) is 6.41. The first-order valence-electron chi connectivity index (χ1n) is 9.83. The Bertz CT molecular complexity index is 834. The fraction of sp³-hybridized carbons (Fsp3) is 0.476. The third kappa shape index (κ3) is 5.97. The Morgan fingerprint density at radius 1 is 1.28 bits per heavy atom. The fourth-order valence-electron chi connectivity index (χ4n) is 3.03. The van der Waals surface area contributed by atoms with E-state index >= 15 is 0 Å². The van der Waals surface area contributed by atoms with Gasteiger partial charge in [0.1, 0.15) is 11.4 Å². The number of guanidine groups is 1. The van der Waals surface area contributed by atoms with Crippen molar-refractivity contribution in [1.29, 1.82) is 0 Å². The van der Waals surface area contributed by atoms with Crippen LogP contribution < -0.4 is 10.6 Å². The summed E-state index contributed by atoms with van der Waals surface area (Å²) in [4.78, 5) is 22.4. The number of nitrogens with one attached hydrogen (secondary N) is 2. The zero-order chi connectivity index (χ0) is 20.9. The molecule has 2 heterocycles. The second kappa shape index (κ2) is 8.98. The zero-order valence-corrected chi connectivity index (χ0v) is 17.6. The van der Waals surface area contributed by atoms with Gasteiger partial charge in [-0.05, 0) is 26.3 Å². The fourth-order valence-corrected chi connectivity index (χ4v) is 3.03. The van der Waals surface area contributed by atoms with Crippen molar-refractivity contribution >= 4 is 12.1 Å². The van der Waals surface area contributed by atoms with E-state index in [9.17, 15) is 4.79 Å². The molecule has 1 aromatic heterocycles. The third-order valence-electron chi connectivity index (χ3n) is 4.51. The number of benzene rings is 1. The summed E-state index contributed by atoms with van der Waals surface area (Å²) < 4.78 is 7.50. The molecule has 0 spiro atoms. The van der Waals surface area contributed by atoms with Crippen LogP contribution in [-0.4, -0.2) is 58.3 Å². The van der Waals surface area contributed by atoms with Crippen LogP contribution in [0.3, 0.4) is 0 Å². The molecule has 29 heavy (non-hydrogen) atoms. The highest BCUT2D eigenvalue weighted by Crippen LogP contribution is 2.15. The monoisotopic (exact) mass is 398 g/mol. The van der Waals surface area contributed by atoms with Gasteiger partial charge in [-0.3, -0.25) is 4.99 Å². The van der Waals surface area contributed by atoms with Gasteiger partial charge in [-0.15, -0.1) is 0 Å². The van der Waals surface area contributed by atoms with E-state index in [0.717, 1.165) is 12.4 Å². The number of hydrogen-bond acceptors (Lipinski definition) is 4. The van der Waals surface area contributed by atoms with Gasteiger partial charge < -0.3 is 24.8 Å². The third-order valence-corrected chi connectivity index (χ3v) is 4.51. The summed E-state index contributed by atoms with van der Waals surface area (Å²) in [6.07, 6.45) is 3.51. The Morgan fingerprint density at radius 3 is 2.66 bits per heavy atom. The number of carbonyl (C=O) groups is 1. The summed E-state index contributed by atoms with van der Waals surface area (Å²) >= 11 is 0. The van der Waals surface area contributed by atoms with Gasteiger partial charge in [0.2, 0.25) is 0 Å². The van der Waals surface area contributed by atoms with Crippen molar-refractivity contribution in [2.75, 3.05) is 20.1 Å². The molecule has 1 aliphatic rings. The second-order valence-corrected chi connectivity index (χ2v) is 8.11. The molecule has 2 aromatic rings. The van der Waals surface area contributed by atoms with E-state index in [1.807, 2.05) is 45.2 Å². The highest BCUT2D eigenvalue weighted by Gasteiger charge is 2.34. The van der Waals surface area contributed by atoms with Crippen molar-refractivity contribution in [3.05, 3.63) is 54.1 Å². The van der Waals surface area contributed by atoms with Gasteiger partial charge in [-0.2, -0.15) is 0 Å². The van der Waals surface area contributed by atoms with Crippen molar-refractivity contribution in [2.45, 2.75) is 45.5 Å². The molecular formula is C21H30N6O2. The smallest absolute Gasteiger partial charge is 0.410 e. The predicted molar refractivity (Wildman–Crippen MR) is 113 cm³/mol. The summed E-state index contributed by atoms with van der Waals surface area (Å²) in [5.41, 5.74) is 0.750. The van der Waals surface area contributed by atoms with Crippen LogP contribution >= 0.6 is 0 Å². The predicted octanol–water partition coefficient (Wildman–Crippen LogP) is 2.22. The van der Waals surface area contributed by atoms with Crippen molar-refractivity contribution < 1.29 is 9.53 Å². The molecule has 1 aromatic carbocycles. The van der Waals surface area contributed by atoms with E-state index in [0.29, 0.717) is 25.6 Å². The van der Waals surface area contributed by atoms with Crippen LogP contribution in [0.2, 0.25) is 0 Å². The molecule has 0 atom stereocenters. The molecule has 1 saturated heterocycles. The van der Waals surface area contributed by atoms with Crippen LogP contribution in [0.5, 0.6) is 0 Å². The number of aliphatic imine (C=N–C) groups is 1. The maximum Gasteiger partial charge on any atom is 0.410 e. The minimum Gasteiger partial charge on any atom is -0.444 e. The number of likely N-dealkylation sites (tertiary alicyclic amines) is 1. The van der Waals surface area contributed by atoms with Gasteiger partial charge >= 0.3 is 6.09 Å². The Hall–Kier alpha value is -3.03. The molecule has 2 N–H and O–H groups in total. The Morgan fingerprint density at radius 2 is 2.00 bits per heavy atom. The lowest BCUT2D eigenvalue weighted by molar-refractivity contribution is 0.00701.